The normalized spacial score (nSPS) is 11.9. The molecule has 0 aliphatic carbocycles. The Kier molecular flexibility index (Phi) is 6.04. The number of fused-ring (bicyclic) bond motifs is 1. The number of carbonyl (C=O) groups is 1. The van der Waals surface area contributed by atoms with E-state index in [0.29, 0.717) is 30.1 Å². The molecule has 1 heterocycles. The smallest absolute Gasteiger partial charge is 0.243 e. The summed E-state index contributed by atoms with van der Waals surface area (Å²) in [5, 5.41) is 7.62. The molecule has 0 radical (unpaired) electrons. The van der Waals surface area contributed by atoms with E-state index in [1.165, 1.54) is 16.4 Å². The van der Waals surface area contributed by atoms with E-state index < -0.39 is 10.0 Å². The van der Waals surface area contributed by atoms with Crippen LogP contribution in [-0.2, 0) is 21.2 Å². The molecule has 1 aromatic heterocycles. The van der Waals surface area contributed by atoms with E-state index in [2.05, 4.69) is 10.5 Å². The summed E-state index contributed by atoms with van der Waals surface area (Å²) < 4.78 is 31.8. The maximum atomic E-state index is 12.5. The third-order valence-electron chi connectivity index (χ3n) is 4.97. The van der Waals surface area contributed by atoms with Crippen molar-refractivity contribution in [2.24, 2.45) is 0 Å². The first-order valence-electron chi connectivity index (χ1n) is 9.51. The van der Waals surface area contributed by atoms with Crippen LogP contribution in [0.25, 0.3) is 11.0 Å². The standard InChI is InChI=1S/C21H25N3O4S/c1-5-24(6-2)29(26,27)17-9-7-16(8-10-17)22-21(25)13-19-18-11-14(3)15(4)12-20(18)28-23-19/h7-12H,5-6,13H2,1-4H3,(H,22,25). The average Bonchev–Trinajstić information content (AvgIpc) is 3.04. The molecule has 0 spiro atoms. The largest absolute Gasteiger partial charge is 0.356 e. The lowest BCUT2D eigenvalue weighted by Gasteiger charge is -2.18. The van der Waals surface area contributed by atoms with Crippen LogP contribution >= 0.6 is 0 Å². The molecule has 1 amide bonds. The van der Waals surface area contributed by atoms with Crippen molar-refractivity contribution in [3.8, 4) is 0 Å². The predicted molar refractivity (Wildman–Crippen MR) is 112 cm³/mol. The van der Waals surface area contributed by atoms with Crippen LogP contribution in [-0.4, -0.2) is 36.9 Å². The molecule has 2 aromatic carbocycles. The molecule has 0 saturated carbocycles. The highest BCUT2D eigenvalue weighted by Gasteiger charge is 2.21. The predicted octanol–water partition coefficient (Wildman–Crippen LogP) is 3.66. The molecule has 0 fully saturated rings. The molecule has 0 unspecified atom stereocenters. The number of aromatic nitrogens is 1. The highest BCUT2D eigenvalue weighted by molar-refractivity contribution is 7.89. The molecule has 7 nitrogen and oxygen atoms in total. The summed E-state index contributed by atoms with van der Waals surface area (Å²) in [4.78, 5) is 12.6. The highest BCUT2D eigenvalue weighted by atomic mass is 32.2. The van der Waals surface area contributed by atoms with Crippen LogP contribution in [0.1, 0.15) is 30.7 Å². The summed E-state index contributed by atoms with van der Waals surface area (Å²) in [7, 11) is -3.52. The van der Waals surface area contributed by atoms with E-state index in [-0.39, 0.29) is 17.2 Å². The number of rotatable bonds is 7. The van der Waals surface area contributed by atoms with Gasteiger partial charge in [0.05, 0.1) is 11.3 Å². The van der Waals surface area contributed by atoms with Gasteiger partial charge >= 0.3 is 0 Å². The van der Waals surface area contributed by atoms with E-state index in [4.69, 9.17) is 4.52 Å². The molecule has 1 N–H and O–H groups in total. The van der Waals surface area contributed by atoms with Crippen molar-refractivity contribution in [2.75, 3.05) is 18.4 Å². The Morgan fingerprint density at radius 3 is 2.31 bits per heavy atom. The second-order valence-corrected chi connectivity index (χ2v) is 8.84. The number of hydrogen-bond donors (Lipinski definition) is 1. The van der Waals surface area contributed by atoms with Gasteiger partial charge in [-0.05, 0) is 61.4 Å². The van der Waals surface area contributed by atoms with Gasteiger partial charge in [0.1, 0.15) is 5.69 Å². The highest BCUT2D eigenvalue weighted by Crippen LogP contribution is 2.23. The van der Waals surface area contributed by atoms with Gasteiger partial charge in [0.25, 0.3) is 0 Å². The van der Waals surface area contributed by atoms with Crippen molar-refractivity contribution in [3.05, 3.63) is 53.2 Å². The van der Waals surface area contributed by atoms with Gasteiger partial charge in [-0.1, -0.05) is 19.0 Å². The number of anilines is 1. The number of nitrogens with one attached hydrogen (secondary N) is 1. The number of aryl methyl sites for hydroxylation is 2. The Bertz CT molecular complexity index is 1130. The number of sulfonamides is 1. The van der Waals surface area contributed by atoms with Gasteiger partial charge in [-0.2, -0.15) is 4.31 Å². The Hall–Kier alpha value is -2.71. The Morgan fingerprint density at radius 1 is 1.07 bits per heavy atom. The third-order valence-corrected chi connectivity index (χ3v) is 7.03. The van der Waals surface area contributed by atoms with Crippen molar-refractivity contribution < 1.29 is 17.7 Å². The van der Waals surface area contributed by atoms with Crippen molar-refractivity contribution in [1.29, 1.82) is 0 Å². The van der Waals surface area contributed by atoms with Crippen LogP contribution in [0.15, 0.2) is 45.8 Å². The summed E-state index contributed by atoms with van der Waals surface area (Å²) in [6.07, 6.45) is 0.0645. The molecule has 0 bridgehead atoms. The average molecular weight is 416 g/mol. The first-order valence-corrected chi connectivity index (χ1v) is 11.0. The fraction of sp³-hybridized carbons (Fsp3) is 0.333. The number of hydrogen-bond acceptors (Lipinski definition) is 5. The molecule has 8 heteroatoms. The summed E-state index contributed by atoms with van der Waals surface area (Å²) in [6, 6.07) is 10.1. The number of carbonyl (C=O) groups excluding carboxylic acids is 1. The maximum absolute atomic E-state index is 12.5. The zero-order chi connectivity index (χ0) is 21.2. The van der Waals surface area contributed by atoms with E-state index >= 15 is 0 Å². The van der Waals surface area contributed by atoms with Crippen LogP contribution in [0.4, 0.5) is 5.69 Å². The molecule has 29 heavy (non-hydrogen) atoms. The molecular formula is C21H25N3O4S. The molecule has 3 aromatic rings. The summed E-state index contributed by atoms with van der Waals surface area (Å²) >= 11 is 0. The Morgan fingerprint density at radius 2 is 1.69 bits per heavy atom. The SMILES string of the molecule is CCN(CC)S(=O)(=O)c1ccc(NC(=O)Cc2noc3cc(C)c(C)cc23)cc1. The minimum absolute atomic E-state index is 0.0645. The van der Waals surface area contributed by atoms with Crippen molar-refractivity contribution in [2.45, 2.75) is 39.0 Å². The fourth-order valence-corrected chi connectivity index (χ4v) is 4.61. The van der Waals surface area contributed by atoms with E-state index in [1.807, 2.05) is 26.0 Å². The van der Waals surface area contributed by atoms with Gasteiger partial charge in [-0.15, -0.1) is 0 Å². The molecule has 0 atom stereocenters. The van der Waals surface area contributed by atoms with Gasteiger partial charge in [-0.3, -0.25) is 4.79 Å². The van der Waals surface area contributed by atoms with Gasteiger partial charge in [0.2, 0.25) is 15.9 Å². The van der Waals surface area contributed by atoms with Crippen molar-refractivity contribution >= 4 is 32.6 Å². The van der Waals surface area contributed by atoms with Crippen molar-refractivity contribution in [3.63, 3.8) is 0 Å². The van der Waals surface area contributed by atoms with Gasteiger partial charge in [0, 0.05) is 24.2 Å². The van der Waals surface area contributed by atoms with Crippen LogP contribution in [0.5, 0.6) is 0 Å². The molecular weight excluding hydrogens is 390 g/mol. The molecule has 154 valence electrons. The summed E-state index contributed by atoms with van der Waals surface area (Å²) in [5.74, 6) is -0.252. The first kappa shape index (κ1) is 21.0. The van der Waals surface area contributed by atoms with Crippen molar-refractivity contribution in [1.82, 2.24) is 9.46 Å². The van der Waals surface area contributed by atoms with Gasteiger partial charge in [0.15, 0.2) is 5.58 Å². The fourth-order valence-electron chi connectivity index (χ4n) is 3.15. The lowest BCUT2D eigenvalue weighted by atomic mass is 10.1. The molecule has 3 rings (SSSR count). The lowest BCUT2D eigenvalue weighted by molar-refractivity contribution is -0.115. The zero-order valence-electron chi connectivity index (χ0n) is 17.0. The quantitative estimate of drug-likeness (QED) is 0.636. The van der Waals surface area contributed by atoms with Crippen LogP contribution in [0.3, 0.4) is 0 Å². The first-order chi connectivity index (χ1) is 13.8. The van der Waals surface area contributed by atoms with Crippen LogP contribution in [0.2, 0.25) is 0 Å². The monoisotopic (exact) mass is 415 g/mol. The van der Waals surface area contributed by atoms with Gasteiger partial charge < -0.3 is 9.84 Å². The van der Waals surface area contributed by atoms with Crippen LogP contribution in [0, 0.1) is 13.8 Å². The van der Waals surface area contributed by atoms with Crippen LogP contribution < -0.4 is 5.32 Å². The van der Waals surface area contributed by atoms with E-state index in [1.54, 1.807) is 26.0 Å². The van der Waals surface area contributed by atoms with E-state index in [0.717, 1.165) is 16.5 Å². The summed E-state index contributed by atoms with van der Waals surface area (Å²) in [5.41, 5.74) is 3.95. The Balaban J connectivity index is 1.73. The molecule has 0 aliphatic heterocycles. The second-order valence-electron chi connectivity index (χ2n) is 6.90. The van der Waals surface area contributed by atoms with E-state index in [9.17, 15) is 13.2 Å². The Labute approximate surface area is 170 Å². The third kappa shape index (κ3) is 4.33. The topological polar surface area (TPSA) is 92.5 Å². The number of nitrogens with zero attached hydrogens (tertiary/aromatic N) is 2. The molecule has 0 saturated heterocycles. The maximum Gasteiger partial charge on any atom is 0.243 e. The molecule has 0 aliphatic rings. The lowest BCUT2D eigenvalue weighted by Crippen LogP contribution is -2.30. The minimum Gasteiger partial charge on any atom is -0.356 e. The number of amides is 1. The minimum atomic E-state index is -3.52. The zero-order valence-corrected chi connectivity index (χ0v) is 17.8. The summed E-state index contributed by atoms with van der Waals surface area (Å²) in [6.45, 7) is 8.40. The number of benzene rings is 2. The second kappa shape index (κ2) is 8.34. The van der Waals surface area contributed by atoms with Gasteiger partial charge in [-0.25, -0.2) is 8.42 Å².